The molecule has 0 spiro atoms. The van der Waals surface area contributed by atoms with Gasteiger partial charge >= 0.3 is 0 Å². The lowest BCUT2D eigenvalue weighted by atomic mass is 9.62. The van der Waals surface area contributed by atoms with E-state index in [-0.39, 0.29) is 0 Å². The summed E-state index contributed by atoms with van der Waals surface area (Å²) in [5.74, 6) is 4.87. The summed E-state index contributed by atoms with van der Waals surface area (Å²) in [6.45, 7) is 1.66. The largest absolute Gasteiger partial charge is 0.330 e. The number of rotatable bonds is 2. The Morgan fingerprint density at radius 1 is 0.923 bits per heavy atom. The van der Waals surface area contributed by atoms with Crippen LogP contribution in [-0.2, 0) is 0 Å². The Morgan fingerprint density at radius 2 is 1.38 bits per heavy atom. The van der Waals surface area contributed by atoms with E-state index in [1.165, 1.54) is 6.42 Å². The van der Waals surface area contributed by atoms with Gasteiger partial charge in [-0.2, -0.15) is 0 Å². The molecule has 72 valence electrons. The van der Waals surface area contributed by atoms with Crippen molar-refractivity contribution in [3.63, 3.8) is 0 Å². The summed E-state index contributed by atoms with van der Waals surface area (Å²) in [5.41, 5.74) is 11.7. The average molecular weight is 178 g/mol. The average Bonchev–Trinajstić information content (AvgIpc) is 2.97. The molecule has 6 unspecified atom stereocenters. The number of nitrogens with two attached hydrogens (primary N) is 2. The zero-order valence-electron chi connectivity index (χ0n) is 7.89. The molecule has 0 aromatic heterocycles. The predicted molar refractivity (Wildman–Crippen MR) is 52.8 cm³/mol. The van der Waals surface area contributed by atoms with Crippen molar-refractivity contribution < 1.29 is 0 Å². The van der Waals surface area contributed by atoms with Crippen molar-refractivity contribution in [1.29, 1.82) is 0 Å². The maximum absolute atomic E-state index is 5.85. The molecule has 4 N–H and O–H groups in total. The van der Waals surface area contributed by atoms with Crippen LogP contribution >= 0.6 is 0 Å². The minimum atomic E-state index is 0.684. The highest BCUT2D eigenvalue weighted by molar-refractivity contribution is 5.21. The predicted octanol–water partition coefficient (Wildman–Crippen LogP) is 0.588. The molecular weight excluding hydrogens is 160 g/mol. The van der Waals surface area contributed by atoms with Gasteiger partial charge in [-0.3, -0.25) is 0 Å². The summed E-state index contributed by atoms with van der Waals surface area (Å²) < 4.78 is 0. The van der Waals surface area contributed by atoms with Gasteiger partial charge < -0.3 is 11.5 Å². The second kappa shape index (κ2) is 2.58. The molecule has 0 aromatic rings. The van der Waals surface area contributed by atoms with E-state index in [0.29, 0.717) is 11.8 Å². The molecule has 2 saturated carbocycles. The first-order valence-corrected chi connectivity index (χ1v) is 5.45. The molecule has 0 aliphatic heterocycles. The molecule has 0 saturated heterocycles. The van der Waals surface area contributed by atoms with Crippen LogP contribution in [0.5, 0.6) is 0 Å². The molecule has 0 amide bonds. The number of hydrogen-bond donors (Lipinski definition) is 2. The Kier molecular flexibility index (Phi) is 1.59. The number of allylic oxidation sites excluding steroid dienone is 2. The minimum absolute atomic E-state index is 0.684. The van der Waals surface area contributed by atoms with E-state index in [0.717, 1.165) is 36.8 Å². The zero-order chi connectivity index (χ0) is 9.00. The fraction of sp³-hybridized carbons (Fsp3) is 0.818. The van der Waals surface area contributed by atoms with E-state index in [2.05, 4.69) is 12.2 Å². The third-order valence-electron chi connectivity index (χ3n) is 4.52. The molecule has 0 aromatic carbocycles. The SMILES string of the molecule is NCC1C2C=CC(C1CN)C1CC21. The van der Waals surface area contributed by atoms with Crippen molar-refractivity contribution in [2.75, 3.05) is 13.1 Å². The quantitative estimate of drug-likeness (QED) is 0.608. The first-order chi connectivity index (χ1) is 6.36. The van der Waals surface area contributed by atoms with Gasteiger partial charge in [0.15, 0.2) is 0 Å². The Labute approximate surface area is 79.4 Å². The van der Waals surface area contributed by atoms with Gasteiger partial charge in [0.25, 0.3) is 0 Å². The van der Waals surface area contributed by atoms with E-state index >= 15 is 0 Å². The Morgan fingerprint density at radius 3 is 1.77 bits per heavy atom. The lowest BCUT2D eigenvalue weighted by Gasteiger charge is -2.44. The summed E-state index contributed by atoms with van der Waals surface area (Å²) in [5, 5.41) is 0. The van der Waals surface area contributed by atoms with Crippen LogP contribution in [0.4, 0.5) is 0 Å². The van der Waals surface area contributed by atoms with E-state index in [1.807, 2.05) is 0 Å². The first-order valence-electron chi connectivity index (χ1n) is 5.45. The Hall–Kier alpha value is -0.340. The van der Waals surface area contributed by atoms with Crippen LogP contribution in [0.25, 0.3) is 0 Å². The number of hydrogen-bond acceptors (Lipinski definition) is 2. The second-order valence-electron chi connectivity index (χ2n) is 4.90. The van der Waals surface area contributed by atoms with Crippen molar-refractivity contribution in [1.82, 2.24) is 0 Å². The van der Waals surface area contributed by atoms with Crippen molar-refractivity contribution in [3.8, 4) is 0 Å². The third-order valence-corrected chi connectivity index (χ3v) is 4.52. The molecule has 4 aliphatic carbocycles. The lowest BCUT2D eigenvalue weighted by molar-refractivity contribution is 0.123. The maximum Gasteiger partial charge on any atom is -0.00398 e. The monoisotopic (exact) mass is 178 g/mol. The third kappa shape index (κ3) is 0.906. The number of fused-ring (bicyclic) bond motifs is 1. The van der Waals surface area contributed by atoms with Crippen LogP contribution < -0.4 is 11.5 Å². The molecule has 2 heteroatoms. The van der Waals surface area contributed by atoms with Gasteiger partial charge in [0, 0.05) is 0 Å². The van der Waals surface area contributed by atoms with Crippen molar-refractivity contribution in [2.45, 2.75) is 6.42 Å². The lowest BCUT2D eigenvalue weighted by Crippen LogP contribution is -2.45. The summed E-state index contributed by atoms with van der Waals surface area (Å²) in [6, 6.07) is 0. The minimum Gasteiger partial charge on any atom is -0.330 e. The van der Waals surface area contributed by atoms with Crippen molar-refractivity contribution >= 4 is 0 Å². The van der Waals surface area contributed by atoms with Gasteiger partial charge in [-0.25, -0.2) is 0 Å². The second-order valence-corrected chi connectivity index (χ2v) is 4.90. The Bertz CT molecular complexity index is 224. The molecule has 2 nitrogen and oxygen atoms in total. The van der Waals surface area contributed by atoms with Gasteiger partial charge in [-0.1, -0.05) is 12.2 Å². The van der Waals surface area contributed by atoms with Crippen LogP contribution in [0.1, 0.15) is 6.42 Å². The molecule has 4 aliphatic rings. The normalized spacial score (nSPS) is 56.5. The standard InChI is InChI=1S/C11H18N2/c12-4-10-6-1-2-7(11(10)5-13)9-3-8(6)9/h1-2,6-11H,3-5,12-13H2. The summed E-state index contributed by atoms with van der Waals surface area (Å²) in [7, 11) is 0. The van der Waals surface area contributed by atoms with Crippen LogP contribution in [0.2, 0.25) is 0 Å². The molecule has 6 atom stereocenters. The van der Waals surface area contributed by atoms with Gasteiger partial charge in [-0.05, 0) is 55.0 Å². The Balaban J connectivity index is 1.93. The van der Waals surface area contributed by atoms with Crippen LogP contribution in [0.3, 0.4) is 0 Å². The molecule has 4 rings (SSSR count). The molecule has 0 radical (unpaired) electrons. The van der Waals surface area contributed by atoms with E-state index < -0.39 is 0 Å². The summed E-state index contributed by atoms with van der Waals surface area (Å²) in [4.78, 5) is 0. The zero-order valence-corrected chi connectivity index (χ0v) is 7.89. The molecule has 0 heterocycles. The van der Waals surface area contributed by atoms with E-state index in [1.54, 1.807) is 0 Å². The molecule has 2 bridgehead atoms. The smallest absolute Gasteiger partial charge is 0.00398 e. The molecular formula is C11H18N2. The van der Waals surface area contributed by atoms with E-state index in [4.69, 9.17) is 11.5 Å². The fourth-order valence-electron chi connectivity index (χ4n) is 3.82. The maximum atomic E-state index is 5.85. The topological polar surface area (TPSA) is 52.0 Å². The van der Waals surface area contributed by atoms with Gasteiger partial charge in [0.2, 0.25) is 0 Å². The van der Waals surface area contributed by atoms with Crippen LogP contribution in [0, 0.1) is 35.5 Å². The first kappa shape index (κ1) is 8.01. The highest BCUT2D eigenvalue weighted by Crippen LogP contribution is 2.63. The molecule has 2 fully saturated rings. The van der Waals surface area contributed by atoms with Gasteiger partial charge in [0.05, 0.1) is 0 Å². The van der Waals surface area contributed by atoms with Crippen LogP contribution in [-0.4, -0.2) is 13.1 Å². The highest BCUT2D eigenvalue weighted by Gasteiger charge is 2.58. The van der Waals surface area contributed by atoms with Gasteiger partial charge in [0.1, 0.15) is 0 Å². The molecule has 13 heavy (non-hydrogen) atoms. The van der Waals surface area contributed by atoms with E-state index in [9.17, 15) is 0 Å². The summed E-state index contributed by atoms with van der Waals surface area (Å²) in [6.07, 6.45) is 6.28. The van der Waals surface area contributed by atoms with Crippen molar-refractivity contribution in [3.05, 3.63) is 12.2 Å². The fourth-order valence-corrected chi connectivity index (χ4v) is 3.82. The van der Waals surface area contributed by atoms with Gasteiger partial charge in [-0.15, -0.1) is 0 Å². The van der Waals surface area contributed by atoms with Crippen molar-refractivity contribution in [2.24, 2.45) is 47.0 Å². The summed E-state index contributed by atoms with van der Waals surface area (Å²) >= 11 is 0. The van der Waals surface area contributed by atoms with Crippen LogP contribution in [0.15, 0.2) is 12.2 Å². The highest BCUT2D eigenvalue weighted by atomic mass is 14.7.